The lowest BCUT2D eigenvalue weighted by Gasteiger charge is -2.09. The second kappa shape index (κ2) is 11.9. The fourth-order valence-corrected chi connectivity index (χ4v) is 5.45. The number of carbonyl (C=O) groups is 2. The fraction of sp³-hybridized carbons (Fsp3) is 0.182. The molecule has 6 nitrogen and oxygen atoms in total. The minimum atomic E-state index is -4.56. The monoisotopic (exact) mass is 576 g/mol. The third-order valence-electron chi connectivity index (χ3n) is 4.36. The summed E-state index contributed by atoms with van der Waals surface area (Å²) >= 11 is 2.74. The van der Waals surface area contributed by atoms with Gasteiger partial charge >= 0.3 is 12.4 Å². The Morgan fingerprint density at radius 3 is 1.81 bits per heavy atom. The number of anilines is 2. The quantitative estimate of drug-likeness (QED) is 0.234. The van der Waals surface area contributed by atoms with Crippen LogP contribution in [0.1, 0.15) is 16.7 Å². The number of benzene rings is 2. The highest BCUT2D eigenvalue weighted by Crippen LogP contribution is 2.35. The molecule has 0 bridgehead atoms. The third-order valence-corrected chi connectivity index (χ3v) is 7.55. The van der Waals surface area contributed by atoms with Crippen LogP contribution in [-0.4, -0.2) is 27.7 Å². The van der Waals surface area contributed by atoms with Gasteiger partial charge in [0.15, 0.2) is 0 Å². The zero-order chi connectivity index (χ0) is 27.2. The van der Waals surface area contributed by atoms with E-state index in [4.69, 9.17) is 0 Å². The van der Waals surface area contributed by atoms with Gasteiger partial charge in [-0.05, 0) is 47.9 Å². The van der Waals surface area contributed by atoms with Crippen molar-refractivity contribution in [2.75, 3.05) is 22.1 Å². The summed E-state index contributed by atoms with van der Waals surface area (Å²) in [5.74, 6) is -1.67. The first kappa shape index (κ1) is 28.4. The van der Waals surface area contributed by atoms with Gasteiger partial charge in [0.2, 0.25) is 11.8 Å². The number of halogens is 6. The van der Waals surface area contributed by atoms with Gasteiger partial charge in [0, 0.05) is 11.4 Å². The van der Waals surface area contributed by atoms with Crippen LogP contribution in [0.5, 0.6) is 0 Å². The standard InChI is InChI=1S/C22H14F6N4O2S3/c23-21(24,25)12-3-1-5-14(7-12)30-17(33)10-35-19-16(9-29)20(37-32-19)36-11-18(34)31-15-6-2-4-13(8-15)22(26,27)28/h1-8H,10-11H2,(H,30,33)(H,31,34). The second-order valence-electron chi connectivity index (χ2n) is 7.09. The first-order chi connectivity index (χ1) is 17.4. The average Bonchev–Trinajstić information content (AvgIpc) is 3.22. The van der Waals surface area contributed by atoms with Crippen LogP contribution in [0.3, 0.4) is 0 Å². The van der Waals surface area contributed by atoms with Gasteiger partial charge in [0.25, 0.3) is 0 Å². The lowest BCUT2D eigenvalue weighted by Crippen LogP contribution is -2.15. The van der Waals surface area contributed by atoms with Crippen molar-refractivity contribution in [1.29, 1.82) is 5.26 Å². The van der Waals surface area contributed by atoms with Gasteiger partial charge in [-0.1, -0.05) is 23.9 Å². The van der Waals surface area contributed by atoms with E-state index < -0.39 is 35.3 Å². The molecule has 3 aromatic rings. The molecule has 1 heterocycles. The lowest BCUT2D eigenvalue weighted by molar-refractivity contribution is -0.138. The number of rotatable bonds is 8. The highest BCUT2D eigenvalue weighted by molar-refractivity contribution is 8.02. The van der Waals surface area contributed by atoms with Crippen molar-refractivity contribution in [3.05, 3.63) is 65.2 Å². The molecule has 0 aliphatic heterocycles. The van der Waals surface area contributed by atoms with E-state index in [2.05, 4.69) is 15.0 Å². The molecule has 0 atom stereocenters. The molecule has 2 N–H and O–H groups in total. The van der Waals surface area contributed by atoms with E-state index in [1.54, 1.807) is 0 Å². The van der Waals surface area contributed by atoms with Gasteiger partial charge in [-0.3, -0.25) is 9.59 Å². The molecule has 0 unspecified atom stereocenters. The summed E-state index contributed by atoms with van der Waals surface area (Å²) in [5, 5.41) is 14.4. The third kappa shape index (κ3) is 8.14. The maximum Gasteiger partial charge on any atom is 0.416 e. The number of aromatic nitrogens is 1. The zero-order valence-electron chi connectivity index (χ0n) is 18.2. The molecule has 15 heteroatoms. The normalized spacial score (nSPS) is 11.6. The number of amides is 2. The van der Waals surface area contributed by atoms with Gasteiger partial charge < -0.3 is 10.6 Å². The Kier molecular flexibility index (Phi) is 9.11. The first-order valence-electron chi connectivity index (χ1n) is 9.96. The number of thioether (sulfide) groups is 2. The first-order valence-corrected chi connectivity index (χ1v) is 12.7. The molecule has 1 aromatic heterocycles. The second-order valence-corrected chi connectivity index (χ2v) is 10.1. The molecule has 2 aromatic carbocycles. The minimum absolute atomic E-state index is 0.0340. The van der Waals surface area contributed by atoms with E-state index in [-0.39, 0.29) is 33.5 Å². The SMILES string of the molecule is N#Cc1c(SCC(=O)Nc2cccc(C(F)(F)F)c2)nsc1SCC(=O)Nc1cccc(C(F)(F)F)c1. The summed E-state index contributed by atoms with van der Waals surface area (Å²) in [6, 6.07) is 10.2. The fourth-order valence-electron chi connectivity index (χ4n) is 2.76. The number of hydrogen-bond donors (Lipinski definition) is 2. The van der Waals surface area contributed by atoms with E-state index in [9.17, 15) is 41.2 Å². The Morgan fingerprint density at radius 2 is 1.35 bits per heavy atom. The number of alkyl halides is 6. The van der Waals surface area contributed by atoms with Crippen LogP contribution in [0.2, 0.25) is 0 Å². The van der Waals surface area contributed by atoms with E-state index in [0.29, 0.717) is 4.21 Å². The van der Waals surface area contributed by atoms with Crippen molar-refractivity contribution in [3.8, 4) is 6.07 Å². The van der Waals surface area contributed by atoms with E-state index in [0.717, 1.165) is 71.5 Å². The molecule has 0 aliphatic rings. The van der Waals surface area contributed by atoms with Crippen LogP contribution in [0.15, 0.2) is 57.8 Å². The highest BCUT2D eigenvalue weighted by atomic mass is 32.2. The Hall–Kier alpha value is -3.22. The van der Waals surface area contributed by atoms with Gasteiger partial charge in [-0.15, -0.1) is 11.8 Å². The maximum absolute atomic E-state index is 12.8. The minimum Gasteiger partial charge on any atom is -0.325 e. The van der Waals surface area contributed by atoms with Crippen molar-refractivity contribution in [2.45, 2.75) is 21.6 Å². The van der Waals surface area contributed by atoms with Crippen molar-refractivity contribution in [1.82, 2.24) is 4.37 Å². The lowest BCUT2D eigenvalue weighted by atomic mass is 10.2. The largest absolute Gasteiger partial charge is 0.416 e. The molecular weight excluding hydrogens is 562 g/mol. The number of hydrogen-bond acceptors (Lipinski definition) is 7. The Morgan fingerprint density at radius 1 is 0.865 bits per heavy atom. The summed E-state index contributed by atoms with van der Waals surface area (Å²) in [7, 11) is 0. The zero-order valence-corrected chi connectivity index (χ0v) is 20.7. The Bertz CT molecular complexity index is 1240. The summed E-state index contributed by atoms with van der Waals surface area (Å²) in [4.78, 5) is 24.4. The van der Waals surface area contributed by atoms with Gasteiger partial charge in [-0.25, -0.2) is 0 Å². The molecule has 0 fully saturated rings. The predicted octanol–water partition coefficient (Wildman–Crippen LogP) is 6.51. The Balaban J connectivity index is 1.55. The Labute approximate surface area is 218 Å². The predicted molar refractivity (Wildman–Crippen MR) is 128 cm³/mol. The smallest absolute Gasteiger partial charge is 0.325 e. The topological polar surface area (TPSA) is 94.9 Å². The summed E-state index contributed by atoms with van der Waals surface area (Å²) in [6.07, 6.45) is -9.12. The molecule has 0 aliphatic carbocycles. The van der Waals surface area contributed by atoms with Gasteiger partial charge in [0.1, 0.15) is 20.9 Å². The molecule has 0 saturated carbocycles. The summed E-state index contributed by atoms with van der Waals surface area (Å²) in [6.45, 7) is 0. The van der Waals surface area contributed by atoms with Crippen LogP contribution < -0.4 is 10.6 Å². The van der Waals surface area contributed by atoms with Crippen LogP contribution in [-0.2, 0) is 21.9 Å². The molecule has 2 amide bonds. The molecule has 0 spiro atoms. The molecular formula is C22H14F6N4O2S3. The van der Waals surface area contributed by atoms with Crippen LogP contribution in [0.4, 0.5) is 37.7 Å². The van der Waals surface area contributed by atoms with Crippen molar-refractivity contribution < 1.29 is 35.9 Å². The van der Waals surface area contributed by atoms with Crippen molar-refractivity contribution >= 4 is 58.2 Å². The molecule has 194 valence electrons. The van der Waals surface area contributed by atoms with E-state index in [1.807, 2.05) is 6.07 Å². The van der Waals surface area contributed by atoms with Crippen LogP contribution in [0, 0.1) is 11.3 Å². The average molecular weight is 577 g/mol. The molecule has 0 radical (unpaired) electrons. The van der Waals surface area contributed by atoms with Gasteiger partial charge in [-0.2, -0.15) is 36.0 Å². The number of carbonyl (C=O) groups excluding carboxylic acids is 2. The van der Waals surface area contributed by atoms with Gasteiger partial charge in [0.05, 0.1) is 22.6 Å². The maximum atomic E-state index is 12.8. The van der Waals surface area contributed by atoms with Crippen molar-refractivity contribution in [2.24, 2.45) is 0 Å². The number of nitrogens with zero attached hydrogens (tertiary/aromatic N) is 2. The van der Waals surface area contributed by atoms with Crippen LogP contribution >= 0.6 is 35.1 Å². The van der Waals surface area contributed by atoms with Crippen LogP contribution in [0.25, 0.3) is 0 Å². The van der Waals surface area contributed by atoms with E-state index in [1.165, 1.54) is 12.1 Å². The molecule has 0 saturated heterocycles. The summed E-state index contributed by atoms with van der Waals surface area (Å²) in [5.41, 5.74) is -1.79. The summed E-state index contributed by atoms with van der Waals surface area (Å²) < 4.78 is 81.4. The number of nitrogens with one attached hydrogen (secondary N) is 2. The highest BCUT2D eigenvalue weighted by Gasteiger charge is 2.31. The number of nitriles is 1. The van der Waals surface area contributed by atoms with E-state index >= 15 is 0 Å². The molecule has 37 heavy (non-hydrogen) atoms. The molecule has 3 rings (SSSR count). The van der Waals surface area contributed by atoms with Crippen molar-refractivity contribution in [3.63, 3.8) is 0 Å².